The van der Waals surface area contributed by atoms with Crippen molar-refractivity contribution in [3.05, 3.63) is 69.8 Å². The van der Waals surface area contributed by atoms with Gasteiger partial charge in [-0.25, -0.2) is 4.39 Å². The molecule has 1 aromatic carbocycles. The summed E-state index contributed by atoms with van der Waals surface area (Å²) in [5.74, 6) is -1.86. The van der Waals surface area contributed by atoms with Crippen molar-refractivity contribution < 1.29 is 14.1 Å². The number of nitro groups is 1. The second kappa shape index (κ2) is 5.56. The van der Waals surface area contributed by atoms with Gasteiger partial charge in [0.15, 0.2) is 5.78 Å². The number of hydrogen-bond donors (Lipinski definition) is 0. The van der Waals surface area contributed by atoms with Crippen molar-refractivity contribution in [1.82, 2.24) is 4.98 Å². The van der Waals surface area contributed by atoms with Gasteiger partial charge in [0, 0.05) is 24.4 Å². The number of halogens is 1. The summed E-state index contributed by atoms with van der Waals surface area (Å²) < 4.78 is 13.8. The summed E-state index contributed by atoms with van der Waals surface area (Å²) in [6.07, 6.45) is 3.09. The Morgan fingerprint density at radius 2 is 1.95 bits per heavy atom. The van der Waals surface area contributed by atoms with Crippen LogP contribution in [-0.4, -0.2) is 15.7 Å². The number of pyridine rings is 1. The molecular weight excluding hydrogens is 263 g/mol. The van der Waals surface area contributed by atoms with E-state index in [-0.39, 0.29) is 11.3 Å². The van der Waals surface area contributed by atoms with Crippen molar-refractivity contribution in [2.45, 2.75) is 12.8 Å². The summed E-state index contributed by atoms with van der Waals surface area (Å²) in [5, 5.41) is 10.5. The number of hydrogen-bond acceptors (Lipinski definition) is 4. The first-order valence-corrected chi connectivity index (χ1v) is 5.89. The van der Waals surface area contributed by atoms with E-state index in [9.17, 15) is 19.3 Å². The van der Waals surface area contributed by atoms with Crippen LogP contribution < -0.4 is 0 Å². The second-order valence-electron chi connectivity index (χ2n) is 4.29. The molecule has 0 amide bonds. The van der Waals surface area contributed by atoms with E-state index in [4.69, 9.17) is 0 Å². The van der Waals surface area contributed by atoms with Crippen molar-refractivity contribution in [1.29, 1.82) is 0 Å². The van der Waals surface area contributed by atoms with Crippen LogP contribution in [0.1, 0.15) is 28.8 Å². The van der Waals surface area contributed by atoms with E-state index in [1.54, 1.807) is 31.5 Å². The molecule has 0 aliphatic carbocycles. The third-order valence-corrected chi connectivity index (χ3v) is 3.03. The lowest BCUT2D eigenvalue weighted by Gasteiger charge is -2.11. The first-order valence-electron chi connectivity index (χ1n) is 5.89. The fourth-order valence-corrected chi connectivity index (χ4v) is 1.85. The minimum absolute atomic E-state index is 0.153. The van der Waals surface area contributed by atoms with E-state index in [1.807, 2.05) is 0 Å². The highest BCUT2D eigenvalue weighted by molar-refractivity contribution is 6.01. The highest BCUT2D eigenvalue weighted by Crippen LogP contribution is 2.24. The average Bonchev–Trinajstić information content (AvgIpc) is 2.46. The van der Waals surface area contributed by atoms with Crippen LogP contribution in [0.25, 0.3) is 0 Å². The quantitative estimate of drug-likeness (QED) is 0.488. The smallest absolute Gasteiger partial charge is 0.272 e. The van der Waals surface area contributed by atoms with Crippen molar-refractivity contribution in [3.8, 4) is 0 Å². The summed E-state index contributed by atoms with van der Waals surface area (Å²) in [6, 6.07) is 6.37. The van der Waals surface area contributed by atoms with E-state index in [0.29, 0.717) is 5.56 Å². The number of non-ortho nitro benzene ring substituents is 1. The largest absolute Gasteiger partial charge is 0.293 e. The Balaban J connectivity index is 2.32. The Labute approximate surface area is 114 Å². The van der Waals surface area contributed by atoms with Crippen LogP contribution in [0.15, 0.2) is 42.7 Å². The molecular formula is C14H11FN2O3. The van der Waals surface area contributed by atoms with Gasteiger partial charge in [0.2, 0.25) is 0 Å². The van der Waals surface area contributed by atoms with Gasteiger partial charge in [-0.05, 0) is 23.8 Å². The van der Waals surface area contributed by atoms with Crippen molar-refractivity contribution in [2.24, 2.45) is 0 Å². The molecule has 0 saturated carbocycles. The molecule has 5 nitrogen and oxygen atoms in total. The van der Waals surface area contributed by atoms with Gasteiger partial charge in [0.05, 0.1) is 16.6 Å². The molecule has 102 valence electrons. The normalized spacial score (nSPS) is 11.9. The van der Waals surface area contributed by atoms with Crippen molar-refractivity contribution in [3.63, 3.8) is 0 Å². The van der Waals surface area contributed by atoms with E-state index < -0.39 is 22.4 Å². The summed E-state index contributed by atoms with van der Waals surface area (Å²) >= 11 is 0. The highest BCUT2D eigenvalue weighted by atomic mass is 19.1. The summed E-state index contributed by atoms with van der Waals surface area (Å²) in [5.41, 5.74) is 0.179. The number of Topliss-reactive ketones (excluding diaryl/α,β-unsaturated/α-hetero) is 1. The number of ketones is 1. The van der Waals surface area contributed by atoms with E-state index in [0.717, 1.165) is 18.2 Å². The first-order chi connectivity index (χ1) is 9.50. The van der Waals surface area contributed by atoms with Crippen LogP contribution in [0.4, 0.5) is 10.1 Å². The fraction of sp³-hybridized carbons (Fsp3) is 0.143. The minimum atomic E-state index is -0.884. The van der Waals surface area contributed by atoms with Crippen molar-refractivity contribution in [2.75, 3.05) is 0 Å². The zero-order valence-electron chi connectivity index (χ0n) is 10.6. The molecule has 0 N–H and O–H groups in total. The monoisotopic (exact) mass is 274 g/mol. The molecule has 0 aliphatic rings. The summed E-state index contributed by atoms with van der Waals surface area (Å²) in [6.45, 7) is 1.65. The molecule has 6 heteroatoms. The molecule has 0 radical (unpaired) electrons. The lowest BCUT2D eigenvalue weighted by molar-refractivity contribution is -0.385. The van der Waals surface area contributed by atoms with Crippen LogP contribution in [0, 0.1) is 15.9 Å². The average molecular weight is 274 g/mol. The molecule has 0 saturated heterocycles. The number of benzene rings is 1. The molecule has 1 aromatic heterocycles. The lowest BCUT2D eigenvalue weighted by Crippen LogP contribution is -2.11. The number of rotatable bonds is 4. The van der Waals surface area contributed by atoms with Gasteiger partial charge in [-0.3, -0.25) is 19.9 Å². The van der Waals surface area contributed by atoms with Gasteiger partial charge >= 0.3 is 0 Å². The van der Waals surface area contributed by atoms with Crippen LogP contribution in [0.2, 0.25) is 0 Å². The Kier molecular flexibility index (Phi) is 3.84. The Morgan fingerprint density at radius 1 is 1.30 bits per heavy atom. The molecule has 0 bridgehead atoms. The maximum Gasteiger partial charge on any atom is 0.272 e. The van der Waals surface area contributed by atoms with Gasteiger partial charge in [0.1, 0.15) is 5.82 Å². The maximum absolute atomic E-state index is 13.8. The van der Waals surface area contributed by atoms with Gasteiger partial charge in [-0.1, -0.05) is 6.92 Å². The van der Waals surface area contributed by atoms with Gasteiger partial charge in [-0.15, -0.1) is 0 Å². The fourth-order valence-electron chi connectivity index (χ4n) is 1.85. The van der Waals surface area contributed by atoms with Gasteiger partial charge < -0.3 is 0 Å². The molecule has 0 spiro atoms. The van der Waals surface area contributed by atoms with Crippen molar-refractivity contribution >= 4 is 11.5 Å². The third kappa shape index (κ3) is 2.69. The molecule has 2 aromatic rings. The number of nitro benzene ring substituents is 1. The topological polar surface area (TPSA) is 73.1 Å². The molecule has 1 atom stereocenters. The van der Waals surface area contributed by atoms with E-state index in [1.165, 1.54) is 0 Å². The predicted molar refractivity (Wildman–Crippen MR) is 70.0 cm³/mol. The van der Waals surface area contributed by atoms with Crippen LogP contribution in [0.5, 0.6) is 0 Å². The Morgan fingerprint density at radius 3 is 2.50 bits per heavy atom. The maximum atomic E-state index is 13.8. The SMILES string of the molecule is CC(C(=O)c1ccc([N+](=O)[O-])cc1F)c1ccncc1. The molecule has 0 aliphatic heterocycles. The second-order valence-corrected chi connectivity index (χ2v) is 4.29. The molecule has 1 unspecified atom stereocenters. The number of carbonyl (C=O) groups is 1. The molecule has 2 rings (SSSR count). The molecule has 1 heterocycles. The summed E-state index contributed by atoms with van der Waals surface area (Å²) in [7, 11) is 0. The van der Waals surface area contributed by atoms with E-state index in [2.05, 4.69) is 4.98 Å². The Bertz CT molecular complexity index is 659. The zero-order valence-corrected chi connectivity index (χ0v) is 10.6. The number of carbonyl (C=O) groups excluding carboxylic acids is 1. The predicted octanol–water partition coefficient (Wildman–Crippen LogP) is 3.12. The molecule has 20 heavy (non-hydrogen) atoms. The Hall–Kier alpha value is -2.63. The zero-order chi connectivity index (χ0) is 14.7. The van der Waals surface area contributed by atoms with E-state index >= 15 is 0 Å². The van der Waals surface area contributed by atoms with Gasteiger partial charge in [-0.2, -0.15) is 0 Å². The van der Waals surface area contributed by atoms with Crippen LogP contribution in [-0.2, 0) is 0 Å². The lowest BCUT2D eigenvalue weighted by atomic mass is 9.92. The standard InChI is InChI=1S/C14H11FN2O3/c1-9(10-4-6-16-7-5-10)14(18)12-3-2-11(17(19)20)8-13(12)15/h2-9H,1H3. The number of aromatic nitrogens is 1. The highest BCUT2D eigenvalue weighted by Gasteiger charge is 2.22. The van der Waals surface area contributed by atoms with Gasteiger partial charge in [0.25, 0.3) is 5.69 Å². The minimum Gasteiger partial charge on any atom is -0.293 e. The molecule has 0 fully saturated rings. The van der Waals surface area contributed by atoms with Crippen LogP contribution >= 0.6 is 0 Å². The van der Waals surface area contributed by atoms with Crippen LogP contribution in [0.3, 0.4) is 0 Å². The third-order valence-electron chi connectivity index (χ3n) is 3.03. The number of nitrogens with zero attached hydrogens (tertiary/aromatic N) is 2. The first kappa shape index (κ1) is 13.8. The summed E-state index contributed by atoms with van der Waals surface area (Å²) in [4.78, 5) is 25.9.